The lowest BCUT2D eigenvalue weighted by Gasteiger charge is -2.46. The molecule has 1 aliphatic heterocycles. The Morgan fingerprint density at radius 2 is 2.18 bits per heavy atom. The van der Waals surface area contributed by atoms with Gasteiger partial charge in [0.05, 0.1) is 17.2 Å². The average molecular weight is 334 g/mol. The molecule has 1 saturated carbocycles. The summed E-state index contributed by atoms with van der Waals surface area (Å²) in [5, 5.41) is 27.3. The molecule has 2 aliphatic rings. The summed E-state index contributed by atoms with van der Waals surface area (Å²) in [6.45, 7) is 1.62. The van der Waals surface area contributed by atoms with Gasteiger partial charge in [0.15, 0.2) is 0 Å². The van der Waals surface area contributed by atoms with Crippen molar-refractivity contribution in [1.29, 1.82) is 5.26 Å². The van der Waals surface area contributed by atoms with Crippen LogP contribution in [0.4, 0.5) is 13.2 Å². The van der Waals surface area contributed by atoms with Gasteiger partial charge in [-0.3, -0.25) is 5.09 Å². The first-order chi connectivity index (χ1) is 10.2. The Morgan fingerprint density at radius 1 is 1.55 bits per heavy atom. The smallest absolute Gasteiger partial charge is 0.372 e. The molecule has 122 valence electrons. The van der Waals surface area contributed by atoms with E-state index in [0.717, 1.165) is 25.3 Å². The first-order valence-electron chi connectivity index (χ1n) is 6.85. The van der Waals surface area contributed by atoms with E-state index >= 15 is 0 Å². The van der Waals surface area contributed by atoms with E-state index in [1.165, 1.54) is 6.07 Å². The fraction of sp³-hybridized carbons (Fsp3) is 0.615. The minimum atomic E-state index is -4.64. The molecule has 4 N–H and O–H groups in total. The van der Waals surface area contributed by atoms with E-state index in [-0.39, 0.29) is 5.70 Å². The van der Waals surface area contributed by atoms with Crippen molar-refractivity contribution in [2.24, 2.45) is 0 Å². The third-order valence-electron chi connectivity index (χ3n) is 4.17. The molecule has 0 amide bonds. The van der Waals surface area contributed by atoms with Gasteiger partial charge in [-0.1, -0.05) is 9.39 Å². The number of dihydropyridines is 1. The van der Waals surface area contributed by atoms with Crippen LogP contribution in [0, 0.1) is 11.3 Å². The Hall–Kier alpha value is -1.29. The largest absolute Gasteiger partial charge is 0.419 e. The van der Waals surface area contributed by atoms with Crippen molar-refractivity contribution in [3.8, 4) is 6.07 Å². The molecule has 0 saturated heterocycles. The van der Waals surface area contributed by atoms with E-state index in [0.29, 0.717) is 0 Å². The summed E-state index contributed by atoms with van der Waals surface area (Å²) in [5.41, 5.74) is -1.90. The molecule has 3 atom stereocenters. The van der Waals surface area contributed by atoms with Gasteiger partial charge in [-0.05, 0) is 32.3 Å². The summed E-state index contributed by atoms with van der Waals surface area (Å²) >= 11 is 0. The Morgan fingerprint density at radius 3 is 2.59 bits per heavy atom. The normalized spacial score (nSPS) is 25.5. The molecular formula is C13H18F3N4OP. The lowest BCUT2D eigenvalue weighted by Crippen LogP contribution is -2.61. The standard InChI is InChI=1S/C13H18F3N4OP/c1-7-9(19-11(21)12(20-22)3-2-4-12)5-8(13(14,15)16)10(6-17)18-7/h5,7,11,18-21H,2-4,22H2,1H3. The number of nitriles is 1. The average Bonchev–Trinajstić information content (AvgIpc) is 2.38. The lowest BCUT2D eigenvalue weighted by atomic mass is 9.76. The Labute approximate surface area is 128 Å². The highest BCUT2D eigenvalue weighted by Crippen LogP contribution is 2.36. The van der Waals surface area contributed by atoms with Gasteiger partial charge in [-0.2, -0.15) is 18.4 Å². The summed E-state index contributed by atoms with van der Waals surface area (Å²) in [7, 11) is 2.34. The number of hydrogen-bond acceptors (Lipinski definition) is 5. The number of nitrogens with zero attached hydrogens (tertiary/aromatic N) is 1. The van der Waals surface area contributed by atoms with E-state index < -0.39 is 35.3 Å². The van der Waals surface area contributed by atoms with Crippen LogP contribution < -0.4 is 15.7 Å². The Kier molecular flexibility index (Phi) is 4.71. The molecule has 5 nitrogen and oxygen atoms in total. The summed E-state index contributed by atoms with van der Waals surface area (Å²) in [6, 6.07) is 0.996. The zero-order chi connectivity index (χ0) is 16.5. The van der Waals surface area contributed by atoms with Crippen LogP contribution in [0.15, 0.2) is 23.0 Å². The monoisotopic (exact) mass is 334 g/mol. The van der Waals surface area contributed by atoms with Crippen LogP contribution in [0.3, 0.4) is 0 Å². The number of allylic oxidation sites excluding steroid dienone is 3. The van der Waals surface area contributed by atoms with E-state index in [1.54, 1.807) is 6.92 Å². The third kappa shape index (κ3) is 3.07. The highest BCUT2D eigenvalue weighted by Gasteiger charge is 2.44. The Bertz CT molecular complexity index is 543. The van der Waals surface area contributed by atoms with Crippen molar-refractivity contribution in [3.05, 3.63) is 23.0 Å². The van der Waals surface area contributed by atoms with Crippen LogP contribution in [0.5, 0.6) is 0 Å². The number of nitrogens with one attached hydrogen (secondary N) is 3. The van der Waals surface area contributed by atoms with E-state index in [4.69, 9.17) is 5.26 Å². The Balaban J connectivity index is 2.25. The van der Waals surface area contributed by atoms with Gasteiger partial charge in [0.25, 0.3) is 0 Å². The summed E-state index contributed by atoms with van der Waals surface area (Å²) < 4.78 is 39.0. The minimum absolute atomic E-state index is 0.199. The number of aliphatic hydroxyl groups is 1. The molecule has 0 spiro atoms. The highest BCUT2D eigenvalue weighted by atomic mass is 31.0. The van der Waals surface area contributed by atoms with Crippen LogP contribution in [-0.4, -0.2) is 29.1 Å². The fourth-order valence-corrected chi connectivity index (χ4v) is 3.00. The second-order valence-corrected chi connectivity index (χ2v) is 5.85. The maximum Gasteiger partial charge on any atom is 0.419 e. The van der Waals surface area contributed by atoms with Crippen molar-refractivity contribution in [3.63, 3.8) is 0 Å². The predicted molar refractivity (Wildman–Crippen MR) is 77.9 cm³/mol. The topological polar surface area (TPSA) is 80.1 Å². The van der Waals surface area contributed by atoms with Gasteiger partial charge in [-0.25, -0.2) is 0 Å². The molecule has 9 heteroatoms. The number of aliphatic hydroxyl groups excluding tert-OH is 1. The third-order valence-corrected chi connectivity index (χ3v) is 4.75. The van der Waals surface area contributed by atoms with Crippen molar-refractivity contribution >= 4 is 9.39 Å². The maximum absolute atomic E-state index is 13.0. The lowest BCUT2D eigenvalue weighted by molar-refractivity contribution is -0.0896. The molecule has 0 radical (unpaired) electrons. The van der Waals surface area contributed by atoms with Crippen LogP contribution in [0.1, 0.15) is 26.2 Å². The van der Waals surface area contributed by atoms with Gasteiger partial charge in [0, 0.05) is 5.70 Å². The number of halogens is 3. The van der Waals surface area contributed by atoms with Crippen LogP contribution in [0.2, 0.25) is 0 Å². The van der Waals surface area contributed by atoms with Gasteiger partial charge in [0.2, 0.25) is 0 Å². The van der Waals surface area contributed by atoms with Gasteiger partial charge in [-0.15, -0.1) is 0 Å². The fourth-order valence-electron chi connectivity index (χ4n) is 2.56. The van der Waals surface area contributed by atoms with Crippen molar-refractivity contribution < 1.29 is 18.3 Å². The second kappa shape index (κ2) is 6.07. The summed E-state index contributed by atoms with van der Waals surface area (Å²) in [5.74, 6) is 0. The zero-order valence-corrected chi connectivity index (χ0v) is 13.1. The molecule has 2 rings (SSSR count). The first-order valence-corrected chi connectivity index (χ1v) is 7.43. The number of hydrogen-bond donors (Lipinski definition) is 4. The van der Waals surface area contributed by atoms with E-state index in [2.05, 4.69) is 25.1 Å². The SMILES string of the molecule is CC1NC(C#N)=C(C(F)(F)F)C=C1NC(O)C1(NP)CCC1. The van der Waals surface area contributed by atoms with Crippen LogP contribution in [0.25, 0.3) is 0 Å². The second-order valence-electron chi connectivity index (χ2n) is 5.56. The molecule has 0 aromatic carbocycles. The molecular weight excluding hydrogens is 316 g/mol. The quantitative estimate of drug-likeness (QED) is 0.462. The summed E-state index contributed by atoms with van der Waals surface area (Å²) in [6.07, 6.45) is -2.37. The van der Waals surface area contributed by atoms with Crippen molar-refractivity contribution in [2.45, 2.75) is 50.2 Å². The molecule has 22 heavy (non-hydrogen) atoms. The molecule has 1 fully saturated rings. The van der Waals surface area contributed by atoms with Gasteiger partial charge in [0.1, 0.15) is 18.0 Å². The summed E-state index contributed by atoms with van der Waals surface area (Å²) in [4.78, 5) is 0. The first kappa shape index (κ1) is 17.1. The molecule has 0 aromatic heterocycles. The van der Waals surface area contributed by atoms with Crippen LogP contribution >= 0.6 is 9.39 Å². The van der Waals surface area contributed by atoms with E-state index in [1.807, 2.05) is 0 Å². The molecule has 0 aromatic rings. The van der Waals surface area contributed by atoms with Crippen LogP contribution in [-0.2, 0) is 0 Å². The molecule has 1 heterocycles. The van der Waals surface area contributed by atoms with Gasteiger partial charge >= 0.3 is 6.18 Å². The van der Waals surface area contributed by atoms with Crippen molar-refractivity contribution in [2.75, 3.05) is 0 Å². The maximum atomic E-state index is 13.0. The molecule has 3 unspecified atom stereocenters. The molecule has 0 bridgehead atoms. The highest BCUT2D eigenvalue weighted by molar-refractivity contribution is 7.13. The predicted octanol–water partition coefficient (Wildman–Crippen LogP) is 1.41. The van der Waals surface area contributed by atoms with Gasteiger partial charge < -0.3 is 15.7 Å². The van der Waals surface area contributed by atoms with E-state index in [9.17, 15) is 18.3 Å². The zero-order valence-electron chi connectivity index (χ0n) is 12.0. The number of rotatable bonds is 4. The minimum Gasteiger partial charge on any atom is -0.372 e. The molecule has 1 aliphatic carbocycles. The number of alkyl halides is 3. The van der Waals surface area contributed by atoms with Crippen molar-refractivity contribution in [1.82, 2.24) is 15.7 Å².